The third-order valence-corrected chi connectivity index (χ3v) is 10.6. The van der Waals surface area contributed by atoms with Gasteiger partial charge in [-0.25, -0.2) is 4.57 Å². The van der Waals surface area contributed by atoms with Gasteiger partial charge in [-0.15, -0.1) is 0 Å². The molecular formula is C45H86NO7P. The van der Waals surface area contributed by atoms with E-state index >= 15 is 0 Å². The SMILES string of the molecule is CC/C=C\C/C=C\C/C=C\CCCCCCCCCC(=O)OC(COCCCCCCCCCCCCCCCCCCCC)COP(=O)(O)OCCN. The number of phosphoric ester groups is 1. The molecule has 2 unspecified atom stereocenters. The van der Waals surface area contributed by atoms with Crippen molar-refractivity contribution in [1.29, 1.82) is 0 Å². The van der Waals surface area contributed by atoms with E-state index in [1.807, 2.05) is 0 Å². The Morgan fingerprint density at radius 3 is 1.56 bits per heavy atom. The average molecular weight is 784 g/mol. The zero-order valence-corrected chi connectivity index (χ0v) is 36.1. The number of esters is 1. The van der Waals surface area contributed by atoms with Gasteiger partial charge in [-0.05, 0) is 44.9 Å². The van der Waals surface area contributed by atoms with E-state index in [1.54, 1.807) is 0 Å². The first-order valence-electron chi connectivity index (χ1n) is 22.5. The summed E-state index contributed by atoms with van der Waals surface area (Å²) < 4.78 is 33.5. The number of carbonyl (C=O) groups is 1. The maximum atomic E-state index is 12.6. The first-order valence-corrected chi connectivity index (χ1v) is 24.0. The molecule has 0 aliphatic rings. The number of ether oxygens (including phenoxy) is 2. The van der Waals surface area contributed by atoms with Crippen molar-refractivity contribution in [3.63, 3.8) is 0 Å². The van der Waals surface area contributed by atoms with E-state index in [9.17, 15) is 14.3 Å². The van der Waals surface area contributed by atoms with Crippen molar-refractivity contribution in [2.75, 3.05) is 33.0 Å². The molecule has 0 aromatic heterocycles. The molecule has 8 nitrogen and oxygen atoms in total. The van der Waals surface area contributed by atoms with Gasteiger partial charge in [0.25, 0.3) is 0 Å². The van der Waals surface area contributed by atoms with Crippen LogP contribution in [0.1, 0.15) is 206 Å². The number of hydrogen-bond acceptors (Lipinski definition) is 7. The number of nitrogens with two attached hydrogens (primary N) is 1. The summed E-state index contributed by atoms with van der Waals surface area (Å²) in [6, 6.07) is 0. The number of hydrogen-bond donors (Lipinski definition) is 2. The van der Waals surface area contributed by atoms with Gasteiger partial charge in [-0.1, -0.05) is 192 Å². The van der Waals surface area contributed by atoms with E-state index in [2.05, 4.69) is 50.3 Å². The van der Waals surface area contributed by atoms with Crippen molar-refractivity contribution in [3.8, 4) is 0 Å². The summed E-state index contributed by atoms with van der Waals surface area (Å²) in [5, 5.41) is 0. The fourth-order valence-corrected chi connectivity index (χ4v) is 7.07. The van der Waals surface area contributed by atoms with Gasteiger partial charge in [0.15, 0.2) is 0 Å². The monoisotopic (exact) mass is 784 g/mol. The Balaban J connectivity index is 4.00. The first kappa shape index (κ1) is 52.7. The van der Waals surface area contributed by atoms with Crippen LogP contribution in [0.5, 0.6) is 0 Å². The topological polar surface area (TPSA) is 117 Å². The molecule has 0 rings (SSSR count). The third-order valence-electron chi connectivity index (χ3n) is 9.57. The minimum atomic E-state index is -4.28. The van der Waals surface area contributed by atoms with Gasteiger partial charge in [-0.2, -0.15) is 0 Å². The van der Waals surface area contributed by atoms with Gasteiger partial charge in [-0.3, -0.25) is 13.8 Å². The van der Waals surface area contributed by atoms with E-state index in [-0.39, 0.29) is 32.3 Å². The second-order valence-electron chi connectivity index (χ2n) is 14.9. The molecular weight excluding hydrogens is 697 g/mol. The van der Waals surface area contributed by atoms with Crippen LogP contribution >= 0.6 is 7.82 Å². The lowest BCUT2D eigenvalue weighted by Crippen LogP contribution is -2.28. The molecule has 0 aliphatic carbocycles. The third kappa shape index (κ3) is 41.9. The van der Waals surface area contributed by atoms with E-state index < -0.39 is 13.9 Å². The van der Waals surface area contributed by atoms with Crippen molar-refractivity contribution in [2.45, 2.75) is 213 Å². The van der Waals surface area contributed by atoms with Crippen LogP contribution < -0.4 is 5.73 Å². The van der Waals surface area contributed by atoms with Crippen LogP contribution in [0.4, 0.5) is 0 Å². The van der Waals surface area contributed by atoms with Crippen LogP contribution in [0.2, 0.25) is 0 Å². The highest BCUT2D eigenvalue weighted by atomic mass is 31.2. The van der Waals surface area contributed by atoms with Gasteiger partial charge in [0.2, 0.25) is 0 Å². The van der Waals surface area contributed by atoms with Crippen molar-refractivity contribution in [3.05, 3.63) is 36.5 Å². The van der Waals surface area contributed by atoms with Crippen LogP contribution in [0, 0.1) is 0 Å². The molecule has 0 saturated heterocycles. The lowest BCUT2D eigenvalue weighted by atomic mass is 10.0. The van der Waals surface area contributed by atoms with Crippen LogP contribution in [-0.4, -0.2) is 49.9 Å². The quantitative estimate of drug-likeness (QED) is 0.0272. The number of phosphoric acid groups is 1. The molecule has 2 atom stereocenters. The highest BCUT2D eigenvalue weighted by Crippen LogP contribution is 2.43. The molecule has 3 N–H and O–H groups in total. The molecule has 0 radical (unpaired) electrons. The molecule has 0 bridgehead atoms. The van der Waals surface area contributed by atoms with Gasteiger partial charge in [0.1, 0.15) is 6.10 Å². The van der Waals surface area contributed by atoms with Crippen LogP contribution in [-0.2, 0) is 27.9 Å². The minimum Gasteiger partial charge on any atom is -0.457 e. The number of rotatable bonds is 43. The molecule has 54 heavy (non-hydrogen) atoms. The fourth-order valence-electron chi connectivity index (χ4n) is 6.31. The highest BCUT2D eigenvalue weighted by molar-refractivity contribution is 7.47. The summed E-state index contributed by atoms with van der Waals surface area (Å²) in [4.78, 5) is 22.5. The molecule has 0 fully saturated rings. The zero-order valence-electron chi connectivity index (χ0n) is 35.2. The molecule has 0 amide bonds. The molecule has 0 saturated carbocycles. The lowest BCUT2D eigenvalue weighted by Gasteiger charge is -2.20. The molecule has 0 aromatic rings. The van der Waals surface area contributed by atoms with Gasteiger partial charge >= 0.3 is 13.8 Å². The van der Waals surface area contributed by atoms with Crippen LogP contribution in [0.3, 0.4) is 0 Å². The summed E-state index contributed by atoms with van der Waals surface area (Å²) in [5.41, 5.74) is 5.37. The summed E-state index contributed by atoms with van der Waals surface area (Å²) in [5.74, 6) is -0.338. The van der Waals surface area contributed by atoms with Crippen molar-refractivity contribution in [1.82, 2.24) is 0 Å². The van der Waals surface area contributed by atoms with Gasteiger partial charge < -0.3 is 20.1 Å². The normalized spacial score (nSPS) is 13.8. The fraction of sp³-hybridized carbons (Fsp3) is 0.844. The molecule has 9 heteroatoms. The minimum absolute atomic E-state index is 0.0966. The van der Waals surface area contributed by atoms with Crippen molar-refractivity contribution >= 4 is 13.8 Å². The van der Waals surface area contributed by atoms with Crippen molar-refractivity contribution < 1.29 is 32.8 Å². The van der Waals surface area contributed by atoms with Crippen molar-refractivity contribution in [2.24, 2.45) is 5.73 Å². The zero-order chi connectivity index (χ0) is 39.5. The molecule has 0 spiro atoms. The maximum absolute atomic E-state index is 12.6. The van der Waals surface area contributed by atoms with E-state index in [0.29, 0.717) is 13.0 Å². The van der Waals surface area contributed by atoms with Crippen LogP contribution in [0.15, 0.2) is 36.5 Å². The molecule has 0 aromatic carbocycles. The molecule has 318 valence electrons. The number of allylic oxidation sites excluding steroid dienone is 6. The summed E-state index contributed by atoms with van der Waals surface area (Å²) in [6.45, 7) is 4.83. The lowest BCUT2D eigenvalue weighted by molar-refractivity contribution is -0.154. The Bertz CT molecular complexity index is 926. The summed E-state index contributed by atoms with van der Waals surface area (Å²) in [6.07, 6.45) is 48.8. The maximum Gasteiger partial charge on any atom is 0.472 e. The Morgan fingerprint density at radius 2 is 1.04 bits per heavy atom. The Kier molecular flexibility index (Phi) is 41.8. The van der Waals surface area contributed by atoms with E-state index in [4.69, 9.17) is 24.3 Å². The molecule has 0 aliphatic heterocycles. The summed E-state index contributed by atoms with van der Waals surface area (Å²) >= 11 is 0. The number of carbonyl (C=O) groups excluding carboxylic acids is 1. The van der Waals surface area contributed by atoms with Gasteiger partial charge in [0.05, 0.1) is 19.8 Å². The predicted octanol–water partition coefficient (Wildman–Crippen LogP) is 13.4. The number of unbranched alkanes of at least 4 members (excludes halogenated alkanes) is 24. The second kappa shape index (κ2) is 42.9. The van der Waals surface area contributed by atoms with Crippen LogP contribution in [0.25, 0.3) is 0 Å². The summed E-state index contributed by atoms with van der Waals surface area (Å²) in [7, 11) is -4.28. The average Bonchev–Trinajstić information content (AvgIpc) is 3.16. The Morgan fingerprint density at radius 1 is 0.574 bits per heavy atom. The standard InChI is InChI=1S/C45H86NO7P/c1-3-5-7-9-11-13-15-17-19-21-23-25-27-29-31-33-35-37-40-50-42-44(43-52-54(48,49)51-41-39-46)53-45(47)38-36-34-32-30-28-26-24-22-20-18-16-14-12-10-8-6-4-2/h6,8,12,14,18,20,44H,3-5,7,9-11,13,15-17,19,21-43,46H2,1-2H3,(H,48,49)/b8-6-,14-12-,20-18-. The second-order valence-corrected chi connectivity index (χ2v) is 16.3. The van der Waals surface area contributed by atoms with E-state index in [1.165, 1.54) is 128 Å². The Labute approximate surface area is 333 Å². The van der Waals surface area contributed by atoms with Gasteiger partial charge in [0, 0.05) is 19.6 Å². The smallest absolute Gasteiger partial charge is 0.457 e. The molecule has 0 heterocycles. The van der Waals surface area contributed by atoms with E-state index in [0.717, 1.165) is 57.8 Å². The first-order chi connectivity index (χ1) is 26.4. The largest absolute Gasteiger partial charge is 0.472 e. The highest BCUT2D eigenvalue weighted by Gasteiger charge is 2.25. The predicted molar refractivity (Wildman–Crippen MR) is 229 cm³/mol. The Hall–Kier alpha value is -1.28.